The van der Waals surface area contributed by atoms with E-state index in [0.29, 0.717) is 5.41 Å². The van der Waals surface area contributed by atoms with Crippen LogP contribution in [-0.2, 0) is 0 Å². The van der Waals surface area contributed by atoms with Gasteiger partial charge in [-0.15, -0.1) is 0 Å². The Labute approximate surface area is 96.8 Å². The standard InChI is InChI=1S/C15H30/c1-7-13(4)15(5,6)14-10-11(2)8-9-12(14)3/h11-14H,7-10H2,1-6H3. The summed E-state index contributed by atoms with van der Waals surface area (Å²) < 4.78 is 0. The molecule has 0 heteroatoms. The van der Waals surface area contributed by atoms with E-state index in [4.69, 9.17) is 0 Å². The Hall–Kier alpha value is 0. The average molecular weight is 210 g/mol. The van der Waals surface area contributed by atoms with Gasteiger partial charge in [0.25, 0.3) is 0 Å². The summed E-state index contributed by atoms with van der Waals surface area (Å²) in [6, 6.07) is 0. The molecule has 0 aromatic carbocycles. The van der Waals surface area contributed by atoms with Crippen molar-refractivity contribution in [2.45, 2.75) is 67.2 Å². The van der Waals surface area contributed by atoms with Gasteiger partial charge in [0.05, 0.1) is 0 Å². The summed E-state index contributed by atoms with van der Waals surface area (Å²) in [6.07, 6.45) is 5.68. The minimum absolute atomic E-state index is 0.531. The lowest BCUT2D eigenvalue weighted by molar-refractivity contribution is 0.0327. The minimum atomic E-state index is 0.531. The normalized spacial score (nSPS) is 35.2. The summed E-state index contributed by atoms with van der Waals surface area (Å²) in [5.74, 6) is 3.69. The van der Waals surface area contributed by atoms with Crippen molar-refractivity contribution in [3.05, 3.63) is 0 Å². The highest BCUT2D eigenvalue weighted by Gasteiger charge is 2.39. The molecule has 1 saturated carbocycles. The average Bonchev–Trinajstić information content (AvgIpc) is 2.20. The third-order valence-corrected chi connectivity index (χ3v) is 5.30. The molecule has 4 atom stereocenters. The molecular weight excluding hydrogens is 180 g/mol. The van der Waals surface area contributed by atoms with E-state index in [1.807, 2.05) is 0 Å². The molecule has 0 saturated heterocycles. The maximum absolute atomic E-state index is 2.50. The summed E-state index contributed by atoms with van der Waals surface area (Å²) in [5.41, 5.74) is 0.531. The van der Waals surface area contributed by atoms with Gasteiger partial charge in [0.15, 0.2) is 0 Å². The molecule has 0 amide bonds. The molecule has 0 N–H and O–H groups in total. The van der Waals surface area contributed by atoms with Gasteiger partial charge in [-0.3, -0.25) is 0 Å². The van der Waals surface area contributed by atoms with E-state index < -0.39 is 0 Å². The van der Waals surface area contributed by atoms with Gasteiger partial charge in [0.2, 0.25) is 0 Å². The van der Waals surface area contributed by atoms with Crippen LogP contribution in [-0.4, -0.2) is 0 Å². The lowest BCUT2D eigenvalue weighted by Gasteiger charge is -2.46. The Bertz CT molecular complexity index is 192. The molecule has 0 spiro atoms. The lowest BCUT2D eigenvalue weighted by atomic mass is 9.59. The summed E-state index contributed by atoms with van der Waals surface area (Å²) in [4.78, 5) is 0. The third kappa shape index (κ3) is 2.77. The first-order chi connectivity index (χ1) is 6.89. The van der Waals surface area contributed by atoms with Gasteiger partial charge in [-0.25, -0.2) is 0 Å². The predicted molar refractivity (Wildman–Crippen MR) is 68.9 cm³/mol. The van der Waals surface area contributed by atoms with Crippen LogP contribution < -0.4 is 0 Å². The SMILES string of the molecule is CCC(C)C(C)(C)C1CC(C)CCC1C. The Kier molecular flexibility index (Phi) is 4.26. The van der Waals surface area contributed by atoms with E-state index in [-0.39, 0.29) is 0 Å². The Balaban J connectivity index is 2.74. The van der Waals surface area contributed by atoms with E-state index >= 15 is 0 Å². The van der Waals surface area contributed by atoms with Crippen LogP contribution in [0.2, 0.25) is 0 Å². The topological polar surface area (TPSA) is 0 Å². The van der Waals surface area contributed by atoms with E-state index in [1.54, 1.807) is 0 Å². The summed E-state index contributed by atoms with van der Waals surface area (Å²) in [5, 5.41) is 0. The highest BCUT2D eigenvalue weighted by Crippen LogP contribution is 2.48. The zero-order valence-electron chi connectivity index (χ0n) is 11.6. The number of hydrogen-bond acceptors (Lipinski definition) is 0. The maximum atomic E-state index is 2.50. The van der Waals surface area contributed by atoms with Crippen LogP contribution in [0.3, 0.4) is 0 Å². The van der Waals surface area contributed by atoms with Crippen LogP contribution in [0.1, 0.15) is 67.2 Å². The second-order valence-electron chi connectivity index (χ2n) is 6.63. The van der Waals surface area contributed by atoms with Gasteiger partial charge in [-0.05, 0) is 35.5 Å². The van der Waals surface area contributed by atoms with Gasteiger partial charge in [-0.2, -0.15) is 0 Å². The molecule has 0 aromatic rings. The van der Waals surface area contributed by atoms with Gasteiger partial charge >= 0.3 is 0 Å². The molecule has 1 aliphatic carbocycles. The summed E-state index contributed by atoms with van der Waals surface area (Å²) in [7, 11) is 0. The first-order valence-corrected chi connectivity index (χ1v) is 6.89. The van der Waals surface area contributed by atoms with Crippen molar-refractivity contribution < 1.29 is 0 Å². The van der Waals surface area contributed by atoms with E-state index in [9.17, 15) is 0 Å². The molecule has 0 aromatic heterocycles. The van der Waals surface area contributed by atoms with Crippen molar-refractivity contribution in [2.75, 3.05) is 0 Å². The summed E-state index contributed by atoms with van der Waals surface area (Å²) >= 11 is 0. The van der Waals surface area contributed by atoms with Crippen molar-refractivity contribution in [1.29, 1.82) is 0 Å². The molecule has 0 radical (unpaired) electrons. The van der Waals surface area contributed by atoms with Gasteiger partial charge < -0.3 is 0 Å². The molecule has 0 bridgehead atoms. The quantitative estimate of drug-likeness (QED) is 0.605. The molecule has 0 nitrogen and oxygen atoms in total. The highest BCUT2D eigenvalue weighted by atomic mass is 14.4. The van der Waals surface area contributed by atoms with Crippen molar-refractivity contribution in [3.63, 3.8) is 0 Å². The van der Waals surface area contributed by atoms with Crippen molar-refractivity contribution >= 4 is 0 Å². The van der Waals surface area contributed by atoms with Crippen molar-refractivity contribution in [3.8, 4) is 0 Å². The first kappa shape index (κ1) is 13.1. The van der Waals surface area contributed by atoms with Gasteiger partial charge in [0, 0.05) is 0 Å². The second kappa shape index (κ2) is 4.89. The Morgan fingerprint density at radius 3 is 2.33 bits per heavy atom. The molecule has 0 aliphatic heterocycles. The first-order valence-electron chi connectivity index (χ1n) is 6.89. The number of hydrogen-bond donors (Lipinski definition) is 0. The van der Waals surface area contributed by atoms with Crippen LogP contribution in [0.25, 0.3) is 0 Å². The van der Waals surface area contributed by atoms with E-state index in [2.05, 4.69) is 41.5 Å². The number of rotatable bonds is 3. The molecule has 0 heterocycles. The zero-order chi connectivity index (χ0) is 11.6. The highest BCUT2D eigenvalue weighted by molar-refractivity contribution is 4.89. The van der Waals surface area contributed by atoms with E-state index in [0.717, 1.165) is 23.7 Å². The molecule has 1 rings (SSSR count). The minimum Gasteiger partial charge on any atom is -0.0651 e. The van der Waals surface area contributed by atoms with Crippen LogP contribution in [0.4, 0.5) is 0 Å². The fourth-order valence-corrected chi connectivity index (χ4v) is 3.46. The third-order valence-electron chi connectivity index (χ3n) is 5.30. The fraction of sp³-hybridized carbons (Fsp3) is 1.00. The van der Waals surface area contributed by atoms with Gasteiger partial charge in [-0.1, -0.05) is 60.8 Å². The van der Waals surface area contributed by atoms with Gasteiger partial charge in [0.1, 0.15) is 0 Å². The smallest absolute Gasteiger partial charge is 0.0298 e. The molecule has 15 heavy (non-hydrogen) atoms. The molecule has 1 fully saturated rings. The predicted octanol–water partition coefficient (Wildman–Crippen LogP) is 5.13. The molecule has 90 valence electrons. The van der Waals surface area contributed by atoms with Crippen molar-refractivity contribution in [2.24, 2.45) is 29.1 Å². The summed E-state index contributed by atoms with van der Waals surface area (Å²) in [6.45, 7) is 14.7. The van der Waals surface area contributed by atoms with Crippen molar-refractivity contribution in [1.82, 2.24) is 0 Å². The van der Waals surface area contributed by atoms with Crippen LogP contribution >= 0.6 is 0 Å². The van der Waals surface area contributed by atoms with Crippen LogP contribution in [0, 0.1) is 29.1 Å². The lowest BCUT2D eigenvalue weighted by Crippen LogP contribution is -2.38. The van der Waals surface area contributed by atoms with E-state index in [1.165, 1.54) is 25.7 Å². The van der Waals surface area contributed by atoms with Crippen LogP contribution in [0.15, 0.2) is 0 Å². The van der Waals surface area contributed by atoms with Crippen LogP contribution in [0.5, 0.6) is 0 Å². The Morgan fingerprint density at radius 1 is 1.20 bits per heavy atom. The monoisotopic (exact) mass is 210 g/mol. The fourth-order valence-electron chi connectivity index (χ4n) is 3.46. The second-order valence-corrected chi connectivity index (χ2v) is 6.63. The molecule has 4 unspecified atom stereocenters. The molecule has 1 aliphatic rings. The zero-order valence-corrected chi connectivity index (χ0v) is 11.6. The molecular formula is C15H30. The largest absolute Gasteiger partial charge is 0.0651 e. The Morgan fingerprint density at radius 2 is 1.80 bits per heavy atom. The maximum Gasteiger partial charge on any atom is -0.0298 e.